The highest BCUT2D eigenvalue weighted by Gasteiger charge is 2.28. The molecule has 3 N–H and O–H groups in total. The van der Waals surface area contributed by atoms with Gasteiger partial charge in [-0.25, -0.2) is 0 Å². The Morgan fingerprint density at radius 2 is 2.10 bits per heavy atom. The maximum atomic E-state index is 12.1. The molecule has 1 aromatic rings. The van der Waals surface area contributed by atoms with E-state index in [2.05, 4.69) is 35.1 Å². The minimum Gasteiger partial charge on any atom is -0.349 e. The highest BCUT2D eigenvalue weighted by Crippen LogP contribution is 2.22. The maximum Gasteiger partial charge on any atom is 0.220 e. The lowest BCUT2D eigenvalue weighted by atomic mass is 9.88. The fourth-order valence-electron chi connectivity index (χ4n) is 1.80. The Morgan fingerprint density at radius 1 is 1.48 bits per heavy atom. The Kier molecular flexibility index (Phi) is 8.86. The van der Waals surface area contributed by atoms with Crippen molar-refractivity contribution in [3.8, 4) is 0 Å². The van der Waals surface area contributed by atoms with E-state index in [0.29, 0.717) is 24.4 Å². The Labute approximate surface area is 146 Å². The van der Waals surface area contributed by atoms with Crippen LogP contribution < -0.4 is 11.1 Å². The van der Waals surface area contributed by atoms with Crippen molar-refractivity contribution in [2.24, 2.45) is 11.7 Å². The molecule has 0 bridgehead atoms. The summed E-state index contributed by atoms with van der Waals surface area (Å²) in [5.74, 6) is 0.299. The number of benzene rings is 1. The number of amides is 1. The van der Waals surface area contributed by atoms with E-state index in [-0.39, 0.29) is 29.8 Å². The zero-order chi connectivity index (χ0) is 15.3. The first-order valence-electron chi connectivity index (χ1n) is 6.73. The van der Waals surface area contributed by atoms with Gasteiger partial charge in [0.05, 0.1) is 5.54 Å². The molecule has 1 amide bonds. The number of hydrogen-bond donors (Lipinski definition) is 2. The second-order valence-electron chi connectivity index (χ2n) is 5.56. The van der Waals surface area contributed by atoms with E-state index in [1.54, 1.807) is 0 Å². The zero-order valence-corrected chi connectivity index (χ0v) is 15.7. The molecule has 0 aliphatic heterocycles. The molecule has 0 aliphatic carbocycles. The van der Waals surface area contributed by atoms with E-state index in [1.807, 2.05) is 25.1 Å². The van der Waals surface area contributed by atoms with E-state index in [1.165, 1.54) is 0 Å². The van der Waals surface area contributed by atoms with Crippen molar-refractivity contribution in [1.29, 1.82) is 0 Å². The van der Waals surface area contributed by atoms with E-state index in [9.17, 15) is 4.79 Å². The van der Waals surface area contributed by atoms with E-state index < -0.39 is 0 Å². The number of carbonyl (C=O) groups excluding carboxylic acids is 1. The molecule has 0 aliphatic rings. The molecule has 3 nitrogen and oxygen atoms in total. The summed E-state index contributed by atoms with van der Waals surface area (Å²) in [6.45, 7) is 6.52. The van der Waals surface area contributed by atoms with Gasteiger partial charge in [0.1, 0.15) is 0 Å². The first-order valence-corrected chi connectivity index (χ1v) is 7.90. The molecule has 120 valence electrons. The molecule has 1 atom stereocenters. The van der Waals surface area contributed by atoms with Crippen molar-refractivity contribution in [2.45, 2.75) is 39.2 Å². The van der Waals surface area contributed by atoms with Crippen molar-refractivity contribution in [3.05, 3.63) is 33.3 Å². The maximum absolute atomic E-state index is 12.1. The molecule has 1 unspecified atom stereocenters. The van der Waals surface area contributed by atoms with Gasteiger partial charge in [-0.1, -0.05) is 41.4 Å². The summed E-state index contributed by atoms with van der Waals surface area (Å²) in [7, 11) is 0. The van der Waals surface area contributed by atoms with Crippen LogP contribution in [0.25, 0.3) is 0 Å². The lowest BCUT2D eigenvalue weighted by molar-refractivity contribution is -0.123. The van der Waals surface area contributed by atoms with Gasteiger partial charge in [0.25, 0.3) is 0 Å². The first kappa shape index (κ1) is 20.7. The Hall–Kier alpha value is -0.290. The van der Waals surface area contributed by atoms with Crippen LogP contribution in [0.3, 0.4) is 0 Å². The minimum atomic E-state index is -0.358. The molecule has 1 aromatic carbocycles. The van der Waals surface area contributed by atoms with Crippen LogP contribution in [0.2, 0.25) is 5.02 Å². The summed E-state index contributed by atoms with van der Waals surface area (Å²) in [6.07, 6.45) is 1.06. The monoisotopic (exact) mass is 396 g/mol. The Bertz CT molecular complexity index is 483. The summed E-state index contributed by atoms with van der Waals surface area (Å²) < 4.78 is 0.972. The number of nitrogens with one attached hydrogen (secondary N) is 1. The third kappa shape index (κ3) is 6.15. The van der Waals surface area contributed by atoms with Gasteiger partial charge in [0, 0.05) is 22.5 Å². The van der Waals surface area contributed by atoms with Crippen LogP contribution in [-0.2, 0) is 11.2 Å². The molecule has 1 rings (SSSR count). The van der Waals surface area contributed by atoms with Crippen molar-refractivity contribution >= 4 is 45.8 Å². The van der Waals surface area contributed by atoms with Crippen LogP contribution in [-0.4, -0.2) is 18.0 Å². The van der Waals surface area contributed by atoms with Gasteiger partial charge in [-0.3, -0.25) is 4.79 Å². The molecule has 0 fully saturated rings. The van der Waals surface area contributed by atoms with Crippen LogP contribution in [0, 0.1) is 5.92 Å². The van der Waals surface area contributed by atoms with Crippen molar-refractivity contribution in [3.63, 3.8) is 0 Å². The standard InChI is InChI=1S/C15H22BrClN2O.ClH/c1-10(2)15(3,9-18)19-14(20)7-4-11-8-12(17)5-6-13(11)16;/h5-6,8,10H,4,7,9,18H2,1-3H3,(H,19,20);1H. The highest BCUT2D eigenvalue weighted by atomic mass is 79.9. The highest BCUT2D eigenvalue weighted by molar-refractivity contribution is 9.10. The van der Waals surface area contributed by atoms with Crippen LogP contribution in [0.4, 0.5) is 0 Å². The summed E-state index contributed by atoms with van der Waals surface area (Å²) in [6, 6.07) is 5.59. The predicted octanol–water partition coefficient (Wildman–Crippen LogP) is 3.95. The van der Waals surface area contributed by atoms with Gasteiger partial charge in [-0.15, -0.1) is 12.4 Å². The number of aryl methyl sites for hydroxylation is 1. The van der Waals surface area contributed by atoms with Crippen LogP contribution in [0.5, 0.6) is 0 Å². The van der Waals surface area contributed by atoms with Crippen molar-refractivity contribution in [2.75, 3.05) is 6.54 Å². The van der Waals surface area contributed by atoms with Crippen molar-refractivity contribution < 1.29 is 4.79 Å². The van der Waals surface area contributed by atoms with Crippen molar-refractivity contribution in [1.82, 2.24) is 5.32 Å². The number of hydrogen-bond acceptors (Lipinski definition) is 2. The van der Waals surface area contributed by atoms with Gasteiger partial charge in [0.15, 0.2) is 0 Å². The van der Waals surface area contributed by atoms with E-state index in [0.717, 1.165) is 10.0 Å². The molecule has 0 radical (unpaired) electrons. The summed E-state index contributed by atoms with van der Waals surface area (Å²) in [4.78, 5) is 12.1. The second kappa shape index (κ2) is 8.99. The number of nitrogens with two attached hydrogens (primary N) is 1. The molecule has 0 saturated carbocycles. The molecular weight excluding hydrogens is 375 g/mol. The third-order valence-electron chi connectivity index (χ3n) is 3.75. The molecule has 6 heteroatoms. The smallest absolute Gasteiger partial charge is 0.220 e. The first-order chi connectivity index (χ1) is 9.28. The van der Waals surface area contributed by atoms with E-state index >= 15 is 0 Å². The van der Waals surface area contributed by atoms with Gasteiger partial charge in [-0.2, -0.15) is 0 Å². The van der Waals surface area contributed by atoms with Crippen LogP contribution >= 0.6 is 39.9 Å². The number of halogens is 3. The lowest BCUT2D eigenvalue weighted by Gasteiger charge is -2.33. The van der Waals surface area contributed by atoms with Gasteiger partial charge in [0.2, 0.25) is 5.91 Å². The topological polar surface area (TPSA) is 55.1 Å². The normalized spacial score (nSPS) is 13.5. The quantitative estimate of drug-likeness (QED) is 0.763. The SMILES string of the molecule is CC(C)C(C)(CN)NC(=O)CCc1cc(Cl)ccc1Br.Cl. The number of carbonyl (C=O) groups is 1. The lowest BCUT2D eigenvalue weighted by Crippen LogP contribution is -2.55. The zero-order valence-electron chi connectivity index (χ0n) is 12.6. The minimum absolute atomic E-state index is 0. The predicted molar refractivity (Wildman–Crippen MR) is 95.2 cm³/mol. The van der Waals surface area contributed by atoms with Gasteiger partial charge >= 0.3 is 0 Å². The Morgan fingerprint density at radius 3 is 2.62 bits per heavy atom. The summed E-state index contributed by atoms with van der Waals surface area (Å²) in [5, 5.41) is 3.71. The fraction of sp³-hybridized carbons (Fsp3) is 0.533. The van der Waals surface area contributed by atoms with Gasteiger partial charge < -0.3 is 11.1 Å². The largest absolute Gasteiger partial charge is 0.349 e. The average Bonchev–Trinajstić information content (AvgIpc) is 2.39. The van der Waals surface area contributed by atoms with Crippen LogP contribution in [0.15, 0.2) is 22.7 Å². The third-order valence-corrected chi connectivity index (χ3v) is 4.76. The van der Waals surface area contributed by atoms with Crippen LogP contribution in [0.1, 0.15) is 32.8 Å². The van der Waals surface area contributed by atoms with Gasteiger partial charge in [-0.05, 0) is 43.0 Å². The summed E-state index contributed by atoms with van der Waals surface area (Å²) in [5.41, 5.74) is 6.44. The number of rotatable bonds is 6. The molecule has 0 spiro atoms. The molecule has 21 heavy (non-hydrogen) atoms. The molecular formula is C15H23BrCl2N2O. The fourth-order valence-corrected chi connectivity index (χ4v) is 2.43. The second-order valence-corrected chi connectivity index (χ2v) is 6.85. The molecule has 0 heterocycles. The van der Waals surface area contributed by atoms with E-state index in [4.69, 9.17) is 17.3 Å². The average molecular weight is 398 g/mol. The summed E-state index contributed by atoms with van der Waals surface area (Å²) >= 11 is 9.43. The molecule has 0 aromatic heterocycles. The Balaban J connectivity index is 0.00000400. The molecule has 0 saturated heterocycles.